The predicted molar refractivity (Wildman–Crippen MR) is 140 cm³/mol. The molecule has 15 nitrogen and oxygen atoms in total. The van der Waals surface area contributed by atoms with Gasteiger partial charge in [0.05, 0.1) is 47.3 Å². The third-order valence-corrected chi connectivity index (χ3v) is 5.88. The van der Waals surface area contributed by atoms with E-state index in [-0.39, 0.29) is 55.2 Å². The highest BCUT2D eigenvalue weighted by Gasteiger charge is 2.38. The molecule has 2 N–H and O–H groups in total. The molecule has 0 radical (unpaired) electrons. The van der Waals surface area contributed by atoms with Crippen LogP contribution in [0.4, 0.5) is 5.69 Å². The van der Waals surface area contributed by atoms with Crippen molar-refractivity contribution in [2.45, 2.75) is 26.2 Å². The average molecular weight is 570 g/mol. The summed E-state index contributed by atoms with van der Waals surface area (Å²) in [5, 5.41) is 26.4. The first-order chi connectivity index (χ1) is 19.6. The topological polar surface area (TPSA) is 202 Å². The van der Waals surface area contributed by atoms with Crippen LogP contribution in [0, 0.1) is 20.2 Å². The Balaban J connectivity index is 1.81. The van der Waals surface area contributed by atoms with Crippen molar-refractivity contribution in [3.63, 3.8) is 0 Å². The number of non-ortho nitro benzene ring substituents is 1. The first-order valence-electron chi connectivity index (χ1n) is 12.3. The molecule has 0 saturated heterocycles. The van der Waals surface area contributed by atoms with Gasteiger partial charge in [-0.3, -0.25) is 19.9 Å². The fourth-order valence-corrected chi connectivity index (χ4v) is 4.11. The Morgan fingerprint density at radius 1 is 0.976 bits per heavy atom. The molecular weight excluding hydrogens is 542 g/mol. The number of hydrogen-bond donors (Lipinski definition) is 2. The van der Waals surface area contributed by atoms with E-state index in [1.807, 2.05) is 0 Å². The molecule has 1 aromatic carbocycles. The van der Waals surface area contributed by atoms with Crippen LogP contribution in [0.3, 0.4) is 0 Å². The number of esters is 2. The van der Waals surface area contributed by atoms with Crippen molar-refractivity contribution in [3.05, 3.63) is 103 Å². The smallest absolute Gasteiger partial charge is 0.336 e. The van der Waals surface area contributed by atoms with Gasteiger partial charge in [0.2, 0.25) is 0 Å². The number of amides is 1. The molecule has 1 unspecified atom stereocenters. The highest BCUT2D eigenvalue weighted by atomic mass is 16.9. The summed E-state index contributed by atoms with van der Waals surface area (Å²) in [6, 6.07) is 8.65. The number of nitro benzene ring substituents is 1. The van der Waals surface area contributed by atoms with Crippen molar-refractivity contribution in [3.8, 4) is 0 Å². The Labute approximate surface area is 233 Å². The Bertz CT molecular complexity index is 1390. The van der Waals surface area contributed by atoms with Gasteiger partial charge in [-0.25, -0.2) is 9.59 Å². The minimum Gasteiger partial charge on any atom is -0.462 e. The minimum absolute atomic E-state index is 0.00289. The molecule has 1 aliphatic rings. The summed E-state index contributed by atoms with van der Waals surface area (Å²) < 4.78 is 10.7. The van der Waals surface area contributed by atoms with Crippen LogP contribution in [0.15, 0.2) is 71.3 Å². The Morgan fingerprint density at radius 3 is 2.27 bits per heavy atom. The van der Waals surface area contributed by atoms with E-state index < -0.39 is 33.8 Å². The molecule has 2 aromatic rings. The zero-order valence-electron chi connectivity index (χ0n) is 22.2. The molecule has 0 spiro atoms. The van der Waals surface area contributed by atoms with Crippen LogP contribution >= 0.6 is 0 Å². The summed E-state index contributed by atoms with van der Waals surface area (Å²) >= 11 is 0. The van der Waals surface area contributed by atoms with E-state index in [1.54, 1.807) is 26.0 Å². The van der Waals surface area contributed by atoms with Crippen LogP contribution in [0.5, 0.6) is 0 Å². The molecule has 1 amide bonds. The van der Waals surface area contributed by atoms with Crippen molar-refractivity contribution < 1.29 is 38.7 Å². The number of carbonyl (C=O) groups excluding carboxylic acids is 3. The lowest BCUT2D eigenvalue weighted by Crippen LogP contribution is -2.34. The standard InChI is InChI=1S/C26H27N5O10/c1-16-21(25(33)39-11-5-12-41-31(37)38)23(18-6-3-8-20(14-18)30(35)36)22(17(2)29-16)26(34)40-13-10-28-24(32)19-7-4-9-27-15-19/h3-4,6-9,14-15,23,29H,5,10-13H2,1-2H3,(H,28,32). The maximum Gasteiger partial charge on any atom is 0.336 e. The molecule has 1 aliphatic heterocycles. The van der Waals surface area contributed by atoms with E-state index in [0.29, 0.717) is 17.0 Å². The summed E-state index contributed by atoms with van der Waals surface area (Å²) in [7, 11) is 0. The number of pyridine rings is 1. The maximum absolute atomic E-state index is 13.3. The minimum atomic E-state index is -1.10. The average Bonchev–Trinajstić information content (AvgIpc) is 2.94. The van der Waals surface area contributed by atoms with Crippen molar-refractivity contribution in [1.29, 1.82) is 0 Å². The molecule has 0 bridgehead atoms. The number of aromatic nitrogens is 1. The number of nitrogens with zero attached hydrogens (tertiary/aromatic N) is 3. The van der Waals surface area contributed by atoms with Gasteiger partial charge < -0.3 is 24.9 Å². The summed E-state index contributed by atoms with van der Waals surface area (Å²) in [6.07, 6.45) is 2.94. The Morgan fingerprint density at radius 2 is 1.66 bits per heavy atom. The van der Waals surface area contributed by atoms with Gasteiger partial charge in [0.1, 0.15) is 6.61 Å². The molecule has 1 aromatic heterocycles. The van der Waals surface area contributed by atoms with Gasteiger partial charge in [-0.1, -0.05) is 12.1 Å². The quantitative estimate of drug-likeness (QED) is 0.154. The molecule has 1 atom stereocenters. The number of dihydropyridines is 1. The second-order valence-electron chi connectivity index (χ2n) is 8.67. The van der Waals surface area contributed by atoms with Crippen LogP contribution in [-0.4, -0.2) is 59.2 Å². The molecule has 0 saturated carbocycles. The molecule has 2 heterocycles. The Hall–Kier alpha value is -5.34. The fourth-order valence-electron chi connectivity index (χ4n) is 4.11. The van der Waals surface area contributed by atoms with Crippen molar-refractivity contribution in [2.75, 3.05) is 26.4 Å². The van der Waals surface area contributed by atoms with E-state index in [0.717, 1.165) is 0 Å². The summed E-state index contributed by atoms with van der Waals surface area (Å²) in [4.78, 5) is 68.0. The number of nitrogens with one attached hydrogen (secondary N) is 2. The Kier molecular flexibility index (Phi) is 10.4. The number of ether oxygens (including phenoxy) is 2. The number of carbonyl (C=O) groups is 3. The third-order valence-electron chi connectivity index (χ3n) is 5.88. The van der Waals surface area contributed by atoms with E-state index in [1.165, 1.54) is 36.7 Å². The number of allylic oxidation sites excluding steroid dienone is 2. The van der Waals surface area contributed by atoms with Gasteiger partial charge in [-0.05, 0) is 31.5 Å². The summed E-state index contributed by atoms with van der Waals surface area (Å²) in [5.74, 6) is -3.17. The second kappa shape index (κ2) is 14.2. The highest BCUT2D eigenvalue weighted by molar-refractivity contribution is 6.00. The first-order valence-corrected chi connectivity index (χ1v) is 12.3. The van der Waals surface area contributed by atoms with Gasteiger partial charge >= 0.3 is 11.9 Å². The molecule has 216 valence electrons. The van der Waals surface area contributed by atoms with Crippen molar-refractivity contribution in [1.82, 2.24) is 15.6 Å². The maximum atomic E-state index is 13.3. The molecule has 15 heteroatoms. The normalized spacial score (nSPS) is 14.5. The van der Waals surface area contributed by atoms with Gasteiger partial charge in [0.25, 0.3) is 16.7 Å². The molecular formula is C26H27N5O10. The number of hydrogen-bond acceptors (Lipinski definition) is 12. The zero-order valence-corrected chi connectivity index (χ0v) is 22.2. The molecule has 0 fully saturated rings. The lowest BCUT2D eigenvalue weighted by molar-refractivity contribution is -0.757. The molecule has 0 aliphatic carbocycles. The van der Waals surface area contributed by atoms with Gasteiger partial charge in [0, 0.05) is 42.3 Å². The zero-order chi connectivity index (χ0) is 29.9. The summed E-state index contributed by atoms with van der Waals surface area (Å²) in [6.45, 7) is 2.43. The lowest BCUT2D eigenvalue weighted by Gasteiger charge is -2.30. The fraction of sp³-hybridized carbons (Fsp3) is 0.308. The third kappa shape index (κ3) is 8.08. The lowest BCUT2D eigenvalue weighted by atomic mass is 9.80. The van der Waals surface area contributed by atoms with E-state index in [2.05, 4.69) is 20.5 Å². The van der Waals surface area contributed by atoms with Crippen LogP contribution in [0.1, 0.15) is 42.1 Å². The molecule has 41 heavy (non-hydrogen) atoms. The number of benzene rings is 1. The highest BCUT2D eigenvalue weighted by Crippen LogP contribution is 2.40. The van der Waals surface area contributed by atoms with Gasteiger partial charge in [-0.15, -0.1) is 10.1 Å². The van der Waals surface area contributed by atoms with E-state index in [4.69, 9.17) is 9.47 Å². The van der Waals surface area contributed by atoms with Crippen LogP contribution in [-0.2, 0) is 23.9 Å². The van der Waals surface area contributed by atoms with E-state index >= 15 is 0 Å². The van der Waals surface area contributed by atoms with Crippen LogP contribution in [0.25, 0.3) is 0 Å². The van der Waals surface area contributed by atoms with E-state index in [9.17, 15) is 34.6 Å². The molecule has 3 rings (SSSR count). The monoisotopic (exact) mass is 569 g/mol. The van der Waals surface area contributed by atoms with Gasteiger partial charge in [0.15, 0.2) is 0 Å². The summed E-state index contributed by atoms with van der Waals surface area (Å²) in [5.41, 5.74) is 1.03. The van der Waals surface area contributed by atoms with Crippen LogP contribution < -0.4 is 10.6 Å². The van der Waals surface area contributed by atoms with Gasteiger partial charge in [-0.2, -0.15) is 0 Å². The largest absolute Gasteiger partial charge is 0.462 e. The number of rotatable bonds is 13. The predicted octanol–water partition coefficient (Wildman–Crippen LogP) is 2.34. The van der Waals surface area contributed by atoms with Crippen molar-refractivity contribution >= 4 is 23.5 Å². The number of nitro groups is 1. The SMILES string of the molecule is CC1=C(C(=O)OCCCO[N+](=O)[O-])C(c2cccc([N+](=O)[O-])c2)C(C(=O)OCCNC(=O)c2cccnc2)=C(C)N1. The van der Waals surface area contributed by atoms with Crippen molar-refractivity contribution in [2.24, 2.45) is 0 Å². The first kappa shape index (κ1) is 30.2. The van der Waals surface area contributed by atoms with Crippen LogP contribution in [0.2, 0.25) is 0 Å². The second-order valence-corrected chi connectivity index (χ2v) is 8.67.